The van der Waals surface area contributed by atoms with Crippen LogP contribution in [0.1, 0.15) is 72.1 Å². The quantitative estimate of drug-likeness (QED) is 0.203. The number of carbonyl (C=O) groups excluding carboxylic acids is 2. The molecule has 0 spiro atoms. The van der Waals surface area contributed by atoms with Crippen LogP contribution in [0.4, 0.5) is 13.2 Å². The Kier molecular flexibility index (Phi) is 8.86. The molecular formula is C31H32F3N3O4S. The molecule has 1 aliphatic rings. The van der Waals surface area contributed by atoms with Gasteiger partial charge in [-0.05, 0) is 85.8 Å². The van der Waals surface area contributed by atoms with E-state index >= 15 is 0 Å². The van der Waals surface area contributed by atoms with Crippen molar-refractivity contribution >= 4 is 28.2 Å². The predicted molar refractivity (Wildman–Crippen MR) is 153 cm³/mol. The Morgan fingerprint density at radius 1 is 1.07 bits per heavy atom. The summed E-state index contributed by atoms with van der Waals surface area (Å²) in [5.74, 6) is 0.0402. The van der Waals surface area contributed by atoms with Gasteiger partial charge in [0.15, 0.2) is 4.96 Å². The molecule has 1 amide bonds. The fraction of sp³-hybridized carbons (Fsp3) is 0.387. The number of fused-ring (bicyclic) bond motifs is 1. The summed E-state index contributed by atoms with van der Waals surface area (Å²) in [6.45, 7) is 4.05. The number of esters is 1. The number of carbonyl (C=O) groups is 2. The molecule has 1 saturated carbocycles. The summed E-state index contributed by atoms with van der Waals surface area (Å²) >= 11 is 1.47. The van der Waals surface area contributed by atoms with E-state index in [2.05, 4.69) is 39.3 Å². The van der Waals surface area contributed by atoms with Crippen molar-refractivity contribution in [3.63, 3.8) is 0 Å². The van der Waals surface area contributed by atoms with Crippen LogP contribution < -0.4 is 10.1 Å². The molecule has 1 N–H and O–H groups in total. The van der Waals surface area contributed by atoms with Crippen molar-refractivity contribution in [2.45, 2.75) is 64.8 Å². The molecule has 0 unspecified atom stereocenters. The molecule has 0 atom stereocenters. The van der Waals surface area contributed by atoms with Crippen molar-refractivity contribution in [2.24, 2.45) is 5.92 Å². The topological polar surface area (TPSA) is 81.9 Å². The van der Waals surface area contributed by atoms with E-state index in [-0.39, 0.29) is 24.0 Å². The second-order valence-electron chi connectivity index (χ2n) is 10.6. The van der Waals surface area contributed by atoms with E-state index < -0.39 is 12.3 Å². The number of aryl methyl sites for hydroxylation is 1. The lowest BCUT2D eigenvalue weighted by Gasteiger charge is -2.28. The number of imidazole rings is 1. The van der Waals surface area contributed by atoms with Gasteiger partial charge in [-0.15, -0.1) is 13.2 Å². The third-order valence-electron chi connectivity index (χ3n) is 7.66. The standard InChI is InChI=1S/C31H32F3N3O4S/c1-3-40-28(38)14-20-5-7-21(8-6-20)22-9-11-23(12-10-22)27-18-37-17-26(36-30(37)42-27)29(39)35-16-24-15-25(13-4-19(24)2)41-31(32,33)34/h4,9-13,15,17-18,20-21H,3,5-8,14,16H2,1-2H3,(H,35,39). The van der Waals surface area contributed by atoms with Crippen LogP contribution in [-0.4, -0.2) is 34.2 Å². The number of ether oxygens (including phenoxy) is 2. The van der Waals surface area contributed by atoms with E-state index in [9.17, 15) is 22.8 Å². The van der Waals surface area contributed by atoms with Gasteiger partial charge in [-0.1, -0.05) is 41.7 Å². The molecule has 42 heavy (non-hydrogen) atoms. The zero-order valence-electron chi connectivity index (χ0n) is 23.4. The Morgan fingerprint density at radius 2 is 1.81 bits per heavy atom. The number of nitrogens with one attached hydrogen (secondary N) is 1. The minimum absolute atomic E-state index is 0.0372. The lowest BCUT2D eigenvalue weighted by molar-refractivity contribution is -0.274. The maximum atomic E-state index is 12.7. The number of hydrogen-bond donors (Lipinski definition) is 1. The SMILES string of the molecule is CCOC(=O)CC1CCC(c2ccc(-c3cn4cc(C(=O)NCc5cc(OC(F)(F)F)ccc5C)nc4s3)cc2)CC1. The maximum Gasteiger partial charge on any atom is 0.573 e. The van der Waals surface area contributed by atoms with Crippen molar-refractivity contribution in [1.82, 2.24) is 14.7 Å². The first-order valence-electron chi connectivity index (χ1n) is 14.0. The molecular weight excluding hydrogens is 567 g/mol. The van der Waals surface area contributed by atoms with E-state index in [4.69, 9.17) is 4.74 Å². The molecule has 0 bridgehead atoms. The zero-order valence-corrected chi connectivity index (χ0v) is 24.2. The molecule has 5 rings (SSSR count). The number of alkyl halides is 3. The summed E-state index contributed by atoms with van der Waals surface area (Å²) < 4.78 is 48.6. The molecule has 11 heteroatoms. The maximum absolute atomic E-state index is 12.7. The summed E-state index contributed by atoms with van der Waals surface area (Å²) in [7, 11) is 0. The molecule has 7 nitrogen and oxygen atoms in total. The first-order chi connectivity index (χ1) is 20.1. The fourth-order valence-electron chi connectivity index (χ4n) is 5.42. The Balaban J connectivity index is 1.17. The number of nitrogens with zero attached hydrogens (tertiary/aromatic N) is 2. The molecule has 0 aliphatic heterocycles. The van der Waals surface area contributed by atoms with E-state index in [0.29, 0.717) is 35.4 Å². The van der Waals surface area contributed by atoms with Crippen molar-refractivity contribution in [2.75, 3.05) is 6.61 Å². The van der Waals surface area contributed by atoms with Crippen molar-refractivity contribution in [1.29, 1.82) is 0 Å². The van der Waals surface area contributed by atoms with Crippen molar-refractivity contribution < 1.29 is 32.2 Å². The molecule has 0 saturated heterocycles. The predicted octanol–water partition coefficient (Wildman–Crippen LogP) is 7.43. The van der Waals surface area contributed by atoms with Crippen molar-refractivity contribution in [3.8, 4) is 16.2 Å². The van der Waals surface area contributed by atoms with Gasteiger partial charge < -0.3 is 14.8 Å². The van der Waals surface area contributed by atoms with Crippen LogP contribution in [0.25, 0.3) is 15.4 Å². The number of rotatable bonds is 9. The largest absolute Gasteiger partial charge is 0.573 e. The zero-order chi connectivity index (χ0) is 29.9. The van der Waals surface area contributed by atoms with Gasteiger partial charge in [0.2, 0.25) is 0 Å². The van der Waals surface area contributed by atoms with Crippen LogP contribution in [0.3, 0.4) is 0 Å². The molecule has 222 valence electrons. The van der Waals surface area contributed by atoms with Crippen LogP contribution >= 0.6 is 11.3 Å². The van der Waals surface area contributed by atoms with E-state index in [1.165, 1.54) is 35.1 Å². The highest BCUT2D eigenvalue weighted by Crippen LogP contribution is 2.38. The number of halogens is 3. The smallest absolute Gasteiger partial charge is 0.466 e. The molecule has 2 aromatic carbocycles. The first-order valence-corrected chi connectivity index (χ1v) is 14.8. The fourth-order valence-corrected chi connectivity index (χ4v) is 6.39. The Labute approximate surface area is 245 Å². The lowest BCUT2D eigenvalue weighted by Crippen LogP contribution is -2.23. The monoisotopic (exact) mass is 599 g/mol. The molecule has 4 aromatic rings. The van der Waals surface area contributed by atoms with Gasteiger partial charge in [0, 0.05) is 25.4 Å². The summed E-state index contributed by atoms with van der Waals surface area (Å²) in [5, 5.41) is 2.73. The van der Waals surface area contributed by atoms with Gasteiger partial charge in [-0.3, -0.25) is 14.0 Å². The summed E-state index contributed by atoms with van der Waals surface area (Å²) in [4.78, 5) is 30.7. The van der Waals surface area contributed by atoms with Gasteiger partial charge in [0.1, 0.15) is 11.4 Å². The minimum atomic E-state index is -4.79. The molecule has 0 radical (unpaired) electrons. The van der Waals surface area contributed by atoms with E-state index in [0.717, 1.165) is 41.7 Å². The van der Waals surface area contributed by atoms with Gasteiger partial charge in [-0.25, -0.2) is 4.98 Å². The van der Waals surface area contributed by atoms with Gasteiger partial charge >= 0.3 is 12.3 Å². The average Bonchev–Trinajstić information content (AvgIpc) is 3.53. The Morgan fingerprint density at radius 3 is 2.48 bits per heavy atom. The minimum Gasteiger partial charge on any atom is -0.466 e. The summed E-state index contributed by atoms with van der Waals surface area (Å²) in [6, 6.07) is 12.6. The van der Waals surface area contributed by atoms with Gasteiger partial charge in [-0.2, -0.15) is 0 Å². The highest BCUT2D eigenvalue weighted by Gasteiger charge is 2.31. The molecule has 1 aliphatic carbocycles. The van der Waals surface area contributed by atoms with E-state index in [1.807, 2.05) is 13.1 Å². The lowest BCUT2D eigenvalue weighted by atomic mass is 9.77. The van der Waals surface area contributed by atoms with Crippen LogP contribution in [0, 0.1) is 12.8 Å². The summed E-state index contributed by atoms with van der Waals surface area (Å²) in [6.07, 6.45) is 3.48. The van der Waals surface area contributed by atoms with Crippen LogP contribution in [-0.2, 0) is 16.1 Å². The molecule has 2 heterocycles. The Hall–Kier alpha value is -3.86. The Bertz CT molecular complexity index is 1520. The number of hydrogen-bond acceptors (Lipinski definition) is 6. The average molecular weight is 600 g/mol. The van der Waals surface area contributed by atoms with Gasteiger partial charge in [0.25, 0.3) is 5.91 Å². The highest BCUT2D eigenvalue weighted by molar-refractivity contribution is 7.20. The third-order valence-corrected chi connectivity index (χ3v) is 8.70. The van der Waals surface area contributed by atoms with Crippen LogP contribution in [0.5, 0.6) is 5.75 Å². The number of aromatic nitrogens is 2. The van der Waals surface area contributed by atoms with E-state index in [1.54, 1.807) is 17.5 Å². The molecule has 1 fully saturated rings. The normalized spacial score (nSPS) is 17.3. The van der Waals surface area contributed by atoms with Gasteiger partial charge in [0.05, 0.1) is 11.5 Å². The summed E-state index contributed by atoms with van der Waals surface area (Å²) in [5.41, 5.74) is 3.84. The highest BCUT2D eigenvalue weighted by atomic mass is 32.1. The number of thiazole rings is 1. The first kappa shape index (κ1) is 29.6. The second kappa shape index (κ2) is 12.6. The molecule has 2 aromatic heterocycles. The second-order valence-corrected chi connectivity index (χ2v) is 11.6. The van der Waals surface area contributed by atoms with Crippen LogP contribution in [0.15, 0.2) is 54.9 Å². The van der Waals surface area contributed by atoms with Crippen molar-refractivity contribution in [3.05, 3.63) is 77.2 Å². The number of amides is 1. The number of benzene rings is 2. The van der Waals surface area contributed by atoms with Crippen LogP contribution in [0.2, 0.25) is 0 Å². The third kappa shape index (κ3) is 7.31.